The van der Waals surface area contributed by atoms with Crippen molar-refractivity contribution < 1.29 is 14.5 Å². The molecule has 1 aliphatic rings. The highest BCUT2D eigenvalue weighted by Crippen LogP contribution is 2.37. The van der Waals surface area contributed by atoms with E-state index in [-0.39, 0.29) is 16.8 Å². The number of nitro benzene ring substituents is 1. The number of carbonyl (C=O) groups is 2. The molecule has 3 aromatic rings. The van der Waals surface area contributed by atoms with Gasteiger partial charge in [0.05, 0.1) is 27.1 Å². The summed E-state index contributed by atoms with van der Waals surface area (Å²) in [6, 6.07) is 16.3. The highest BCUT2D eigenvalue weighted by molar-refractivity contribution is 6.38. The summed E-state index contributed by atoms with van der Waals surface area (Å²) in [6.07, 6.45) is 0. The van der Waals surface area contributed by atoms with Gasteiger partial charge in [0.2, 0.25) is 0 Å². The normalized spacial score (nSPS) is 13.4. The third-order valence-electron chi connectivity index (χ3n) is 4.08. The number of fused-ring (bicyclic) bond motifs is 3. The lowest BCUT2D eigenvalue weighted by Gasteiger charge is -2.13. The number of hydrogen-bond donors (Lipinski definition) is 0. The maximum Gasteiger partial charge on any atom is 0.278 e. The Morgan fingerprint density at radius 1 is 0.833 bits per heavy atom. The number of nitro groups is 1. The first-order chi connectivity index (χ1) is 11.6. The van der Waals surface area contributed by atoms with Gasteiger partial charge in [-0.1, -0.05) is 36.4 Å². The van der Waals surface area contributed by atoms with E-state index in [0.29, 0.717) is 16.5 Å². The molecule has 4 rings (SSSR count). The van der Waals surface area contributed by atoms with Crippen LogP contribution in [-0.2, 0) is 0 Å². The van der Waals surface area contributed by atoms with Gasteiger partial charge in [-0.25, -0.2) is 4.90 Å². The molecule has 0 bridgehead atoms. The molecule has 0 fully saturated rings. The number of rotatable bonds is 2. The van der Waals surface area contributed by atoms with Crippen LogP contribution in [0.2, 0.25) is 0 Å². The molecular formula is C18H10N2O4. The van der Waals surface area contributed by atoms with Gasteiger partial charge in [0, 0.05) is 11.5 Å². The van der Waals surface area contributed by atoms with Gasteiger partial charge in [-0.05, 0) is 18.2 Å². The predicted octanol–water partition coefficient (Wildman–Crippen LogP) is 3.55. The zero-order valence-electron chi connectivity index (χ0n) is 12.3. The van der Waals surface area contributed by atoms with Crippen molar-refractivity contribution in [2.75, 3.05) is 4.90 Å². The van der Waals surface area contributed by atoms with Crippen molar-refractivity contribution in [3.05, 3.63) is 81.9 Å². The second-order valence-electron chi connectivity index (χ2n) is 5.40. The van der Waals surface area contributed by atoms with Gasteiger partial charge in [0.1, 0.15) is 0 Å². The third-order valence-corrected chi connectivity index (χ3v) is 4.08. The molecule has 116 valence electrons. The molecule has 24 heavy (non-hydrogen) atoms. The number of benzene rings is 3. The van der Waals surface area contributed by atoms with E-state index in [9.17, 15) is 19.7 Å². The van der Waals surface area contributed by atoms with Crippen LogP contribution in [0, 0.1) is 10.1 Å². The number of nitrogens with zero attached hydrogens (tertiary/aromatic N) is 2. The zero-order chi connectivity index (χ0) is 16.8. The summed E-state index contributed by atoms with van der Waals surface area (Å²) in [5, 5.41) is 12.1. The lowest BCUT2D eigenvalue weighted by atomic mass is 9.99. The highest BCUT2D eigenvalue weighted by Gasteiger charge is 2.40. The summed E-state index contributed by atoms with van der Waals surface area (Å²) in [5.41, 5.74) is 0.537. The Morgan fingerprint density at radius 3 is 2.12 bits per heavy atom. The molecule has 0 saturated heterocycles. The topological polar surface area (TPSA) is 80.5 Å². The van der Waals surface area contributed by atoms with Gasteiger partial charge in [-0.3, -0.25) is 19.7 Å². The molecule has 0 radical (unpaired) electrons. The smallest absolute Gasteiger partial charge is 0.268 e. The van der Waals surface area contributed by atoms with Crippen LogP contribution in [0.1, 0.15) is 20.7 Å². The first kappa shape index (κ1) is 14.1. The van der Waals surface area contributed by atoms with Gasteiger partial charge in [0.15, 0.2) is 0 Å². The first-order valence-electron chi connectivity index (χ1n) is 7.23. The summed E-state index contributed by atoms with van der Waals surface area (Å²) < 4.78 is 0. The summed E-state index contributed by atoms with van der Waals surface area (Å²) in [7, 11) is 0. The maximum absolute atomic E-state index is 12.8. The van der Waals surface area contributed by atoms with Crippen molar-refractivity contribution in [1.82, 2.24) is 0 Å². The van der Waals surface area contributed by atoms with E-state index in [1.807, 2.05) is 0 Å². The number of anilines is 1. The fourth-order valence-corrected chi connectivity index (χ4v) is 3.04. The van der Waals surface area contributed by atoms with Gasteiger partial charge >= 0.3 is 0 Å². The molecule has 1 heterocycles. The van der Waals surface area contributed by atoms with Gasteiger partial charge in [0.25, 0.3) is 17.5 Å². The SMILES string of the molecule is O=C1c2cc([N+](=O)[O-])c3ccccc3c2C(=O)N1c1ccccc1. The van der Waals surface area contributed by atoms with E-state index in [2.05, 4.69) is 0 Å². The molecule has 1 aliphatic heterocycles. The van der Waals surface area contributed by atoms with E-state index >= 15 is 0 Å². The summed E-state index contributed by atoms with van der Waals surface area (Å²) in [5.74, 6) is -1.01. The van der Waals surface area contributed by atoms with Crippen molar-refractivity contribution in [1.29, 1.82) is 0 Å². The van der Waals surface area contributed by atoms with E-state index in [0.717, 1.165) is 4.90 Å². The standard InChI is InChI=1S/C18H10N2O4/c21-17-14-10-15(20(23)24)12-8-4-5-9-13(12)16(14)18(22)19(17)11-6-2-1-3-7-11/h1-10H. The first-order valence-corrected chi connectivity index (χ1v) is 7.23. The Kier molecular flexibility index (Phi) is 2.93. The quantitative estimate of drug-likeness (QED) is 0.411. The minimum absolute atomic E-state index is 0.0641. The maximum atomic E-state index is 12.8. The van der Waals surface area contributed by atoms with E-state index in [1.54, 1.807) is 54.6 Å². The molecule has 0 unspecified atom stereocenters. The minimum Gasteiger partial charge on any atom is -0.268 e. The van der Waals surface area contributed by atoms with E-state index in [4.69, 9.17) is 0 Å². The molecule has 0 N–H and O–H groups in total. The van der Waals surface area contributed by atoms with Crippen LogP contribution < -0.4 is 4.90 Å². The monoisotopic (exact) mass is 318 g/mol. The van der Waals surface area contributed by atoms with Crippen LogP contribution in [0.25, 0.3) is 10.8 Å². The van der Waals surface area contributed by atoms with Crippen LogP contribution >= 0.6 is 0 Å². The Hall–Kier alpha value is -3.54. The Morgan fingerprint density at radius 2 is 1.46 bits per heavy atom. The molecule has 6 heteroatoms. The second kappa shape index (κ2) is 4.99. The average Bonchev–Trinajstić information content (AvgIpc) is 2.85. The molecule has 6 nitrogen and oxygen atoms in total. The number of para-hydroxylation sites is 1. The summed E-state index contributed by atoms with van der Waals surface area (Å²) in [4.78, 5) is 37.4. The average molecular weight is 318 g/mol. The summed E-state index contributed by atoms with van der Waals surface area (Å²) >= 11 is 0. The predicted molar refractivity (Wildman–Crippen MR) is 88.2 cm³/mol. The second-order valence-corrected chi connectivity index (χ2v) is 5.40. The number of non-ortho nitro benzene ring substituents is 1. The van der Waals surface area contributed by atoms with E-state index in [1.165, 1.54) is 6.07 Å². The van der Waals surface area contributed by atoms with Gasteiger partial charge < -0.3 is 0 Å². The number of amides is 2. The molecule has 0 aliphatic carbocycles. The number of carbonyl (C=O) groups excluding carboxylic acids is 2. The lowest BCUT2D eigenvalue weighted by molar-refractivity contribution is -0.383. The van der Waals surface area contributed by atoms with Gasteiger partial charge in [-0.15, -0.1) is 0 Å². The summed E-state index contributed by atoms with van der Waals surface area (Å²) in [6.45, 7) is 0. The Labute approximate surface area is 136 Å². The van der Waals surface area contributed by atoms with E-state index < -0.39 is 16.7 Å². The fourth-order valence-electron chi connectivity index (χ4n) is 3.04. The van der Waals surface area contributed by atoms with Crippen molar-refractivity contribution in [2.24, 2.45) is 0 Å². The Balaban J connectivity index is 2.02. The molecule has 0 atom stereocenters. The zero-order valence-corrected chi connectivity index (χ0v) is 12.3. The van der Waals surface area contributed by atoms with Crippen LogP contribution in [0.3, 0.4) is 0 Å². The molecule has 0 spiro atoms. The third kappa shape index (κ3) is 1.83. The van der Waals surface area contributed by atoms with Gasteiger partial charge in [-0.2, -0.15) is 0 Å². The molecule has 2 amide bonds. The molecule has 0 aromatic heterocycles. The lowest BCUT2D eigenvalue weighted by Crippen LogP contribution is -2.29. The highest BCUT2D eigenvalue weighted by atomic mass is 16.6. The minimum atomic E-state index is -0.546. The van der Waals surface area contributed by atoms with Crippen LogP contribution in [0.5, 0.6) is 0 Å². The largest absolute Gasteiger partial charge is 0.278 e. The Bertz CT molecular complexity index is 1030. The van der Waals surface area contributed by atoms with Crippen molar-refractivity contribution >= 4 is 34.0 Å². The van der Waals surface area contributed by atoms with Crippen LogP contribution in [0.4, 0.5) is 11.4 Å². The molecular weight excluding hydrogens is 308 g/mol. The molecule has 3 aromatic carbocycles. The molecule has 0 saturated carbocycles. The van der Waals surface area contributed by atoms with Crippen LogP contribution in [-0.4, -0.2) is 16.7 Å². The van der Waals surface area contributed by atoms with Crippen molar-refractivity contribution in [2.45, 2.75) is 0 Å². The van der Waals surface area contributed by atoms with Crippen molar-refractivity contribution in [3.8, 4) is 0 Å². The number of imide groups is 1. The number of hydrogen-bond acceptors (Lipinski definition) is 4. The van der Waals surface area contributed by atoms with Crippen LogP contribution in [0.15, 0.2) is 60.7 Å². The van der Waals surface area contributed by atoms with Crippen molar-refractivity contribution in [3.63, 3.8) is 0 Å². The fraction of sp³-hybridized carbons (Fsp3) is 0.